The molecule has 11 heteroatoms. The Hall–Kier alpha value is -1.89. The topological polar surface area (TPSA) is 169 Å². The van der Waals surface area contributed by atoms with Crippen LogP contribution in [0, 0.1) is 0 Å². The average molecular weight is 557 g/mol. The maximum atomic E-state index is 12.6. The smallest absolute Gasteiger partial charge is 0.242 e. The van der Waals surface area contributed by atoms with E-state index in [1.165, 1.54) is 11.8 Å². The molecule has 6 atom stereocenters. The molecular weight excluding hydrogens is 512 g/mol. The molecule has 1 fully saturated rings. The Morgan fingerprint density at radius 2 is 1.63 bits per heavy atom. The number of hydrogen-bond acceptors (Lipinski definition) is 9. The van der Waals surface area contributed by atoms with E-state index < -0.39 is 42.5 Å². The number of unbranched alkanes of at least 4 members (excludes halogenated alkanes) is 5. The van der Waals surface area contributed by atoms with Crippen LogP contribution in [0.3, 0.4) is 0 Å². The van der Waals surface area contributed by atoms with Gasteiger partial charge in [-0.1, -0.05) is 44.7 Å². The Morgan fingerprint density at radius 3 is 2.29 bits per heavy atom. The number of ether oxygens (including phenoxy) is 1. The Kier molecular flexibility index (Phi) is 15.0. The van der Waals surface area contributed by atoms with Crippen molar-refractivity contribution >= 4 is 23.6 Å². The van der Waals surface area contributed by atoms with Gasteiger partial charge in [-0.25, -0.2) is 0 Å². The van der Waals surface area contributed by atoms with Crippen LogP contribution in [0.1, 0.15) is 63.9 Å². The zero-order valence-electron chi connectivity index (χ0n) is 22.1. The highest BCUT2D eigenvalue weighted by Crippen LogP contribution is 2.29. The van der Waals surface area contributed by atoms with E-state index in [1.54, 1.807) is 24.3 Å². The number of benzene rings is 1. The zero-order chi connectivity index (χ0) is 27.9. The summed E-state index contributed by atoms with van der Waals surface area (Å²) in [5, 5.41) is 54.2. The summed E-state index contributed by atoms with van der Waals surface area (Å²) in [7, 11) is 0. The van der Waals surface area contributed by atoms with Gasteiger partial charge in [-0.15, -0.1) is 11.8 Å². The van der Waals surface area contributed by atoms with Crippen LogP contribution in [0.5, 0.6) is 5.75 Å². The van der Waals surface area contributed by atoms with Gasteiger partial charge in [0.2, 0.25) is 11.8 Å². The van der Waals surface area contributed by atoms with Crippen molar-refractivity contribution in [1.29, 1.82) is 0 Å². The molecule has 1 saturated heterocycles. The molecule has 10 nitrogen and oxygen atoms in total. The lowest BCUT2D eigenvalue weighted by Crippen LogP contribution is -2.57. The number of aliphatic hydroxyl groups is 4. The standard InChI is InChI=1S/C27H44N2O8S/c1-2-14-28-26(36)20(16-18-10-12-19(31)13-11-18)29-22(32)9-7-5-3-4-6-8-15-38-27-25(35)24(34)23(33)21(17-30)37-27/h10-13,20-21,23-25,27,30-31,33-35H,2-9,14-17H2,1H3,(H,28,36)(H,29,32)/t20-,21+,23+,24-,25+,27-/m0/s1. The number of nitrogens with one attached hydrogen (secondary N) is 2. The van der Waals surface area contributed by atoms with Gasteiger partial charge in [0.1, 0.15) is 41.6 Å². The van der Waals surface area contributed by atoms with Crippen molar-refractivity contribution in [2.75, 3.05) is 18.9 Å². The van der Waals surface area contributed by atoms with Gasteiger partial charge in [-0.05, 0) is 42.7 Å². The molecule has 2 rings (SSSR count). The molecule has 2 amide bonds. The summed E-state index contributed by atoms with van der Waals surface area (Å²) in [6.07, 6.45) is 2.22. The first kappa shape index (κ1) is 32.3. The number of carbonyl (C=O) groups excluding carboxylic acids is 2. The molecule has 1 heterocycles. The summed E-state index contributed by atoms with van der Waals surface area (Å²) >= 11 is 1.36. The minimum Gasteiger partial charge on any atom is -0.508 e. The van der Waals surface area contributed by atoms with Crippen molar-refractivity contribution in [3.8, 4) is 5.75 Å². The second-order valence-electron chi connectivity index (χ2n) is 9.72. The monoisotopic (exact) mass is 556 g/mol. The molecule has 1 aromatic carbocycles. The maximum absolute atomic E-state index is 12.6. The Morgan fingerprint density at radius 1 is 0.974 bits per heavy atom. The van der Waals surface area contributed by atoms with Crippen LogP contribution >= 0.6 is 11.8 Å². The van der Waals surface area contributed by atoms with Gasteiger partial charge in [0.15, 0.2) is 0 Å². The molecule has 0 spiro atoms. The molecule has 7 N–H and O–H groups in total. The number of aliphatic hydroxyl groups excluding tert-OH is 4. The van der Waals surface area contributed by atoms with Crippen LogP contribution in [-0.4, -0.2) is 92.1 Å². The number of hydrogen-bond donors (Lipinski definition) is 7. The summed E-state index contributed by atoms with van der Waals surface area (Å²) in [5.41, 5.74) is 0.162. The molecule has 1 aromatic rings. The number of phenolic OH excluding ortho intramolecular Hbond substituents is 1. The molecule has 0 aromatic heterocycles. The third-order valence-electron chi connectivity index (χ3n) is 6.51. The van der Waals surface area contributed by atoms with Crippen LogP contribution in [0.15, 0.2) is 24.3 Å². The first-order valence-corrected chi connectivity index (χ1v) is 14.6. The molecule has 0 aliphatic carbocycles. The van der Waals surface area contributed by atoms with Crippen molar-refractivity contribution in [3.63, 3.8) is 0 Å². The van der Waals surface area contributed by atoms with Crippen LogP contribution < -0.4 is 10.6 Å². The third-order valence-corrected chi connectivity index (χ3v) is 7.75. The van der Waals surface area contributed by atoms with Crippen molar-refractivity contribution in [3.05, 3.63) is 29.8 Å². The van der Waals surface area contributed by atoms with E-state index in [9.17, 15) is 35.1 Å². The van der Waals surface area contributed by atoms with E-state index in [1.807, 2.05) is 6.92 Å². The number of rotatable bonds is 17. The second-order valence-corrected chi connectivity index (χ2v) is 10.9. The van der Waals surface area contributed by atoms with Gasteiger partial charge < -0.3 is 40.9 Å². The molecule has 1 aliphatic heterocycles. The lowest BCUT2D eigenvalue weighted by Gasteiger charge is -2.39. The molecule has 0 radical (unpaired) electrons. The SMILES string of the molecule is CCCNC(=O)[C@H](Cc1ccc(O)cc1)NC(=O)CCCCCCCCS[C@@H]1O[C@H](CO)[C@@H](O)[C@H](O)[C@H]1O. The Bertz CT molecular complexity index is 826. The number of phenols is 1. The first-order chi connectivity index (χ1) is 18.3. The quantitative estimate of drug-likeness (QED) is 0.139. The largest absolute Gasteiger partial charge is 0.508 e. The van der Waals surface area contributed by atoms with Crippen molar-refractivity contribution in [2.24, 2.45) is 0 Å². The predicted octanol–water partition coefficient (Wildman–Crippen LogP) is 1.21. The van der Waals surface area contributed by atoms with Gasteiger partial charge in [0.05, 0.1) is 6.61 Å². The van der Waals surface area contributed by atoms with Gasteiger partial charge >= 0.3 is 0 Å². The van der Waals surface area contributed by atoms with Gasteiger partial charge in [-0.3, -0.25) is 9.59 Å². The average Bonchev–Trinajstić information content (AvgIpc) is 2.91. The highest BCUT2D eigenvalue weighted by atomic mass is 32.2. The van der Waals surface area contributed by atoms with Gasteiger partial charge in [-0.2, -0.15) is 0 Å². The summed E-state index contributed by atoms with van der Waals surface area (Å²) in [6.45, 7) is 2.08. The lowest BCUT2D eigenvalue weighted by molar-refractivity contribution is -0.205. The molecular formula is C27H44N2O8S. The van der Waals surface area contributed by atoms with Crippen molar-refractivity contribution in [1.82, 2.24) is 10.6 Å². The van der Waals surface area contributed by atoms with Gasteiger partial charge in [0.25, 0.3) is 0 Å². The predicted molar refractivity (Wildman–Crippen MR) is 146 cm³/mol. The summed E-state index contributed by atoms with van der Waals surface area (Å²) in [5.74, 6) is 0.497. The van der Waals surface area contributed by atoms with E-state index in [4.69, 9.17) is 4.74 Å². The fraction of sp³-hybridized carbons (Fsp3) is 0.704. The Balaban J connectivity index is 1.61. The number of amides is 2. The van der Waals surface area contributed by atoms with E-state index >= 15 is 0 Å². The second kappa shape index (κ2) is 17.6. The fourth-order valence-electron chi connectivity index (χ4n) is 4.21. The molecule has 0 unspecified atom stereocenters. The minimum absolute atomic E-state index is 0.150. The number of aromatic hydroxyl groups is 1. The lowest BCUT2D eigenvalue weighted by atomic mass is 10.0. The van der Waals surface area contributed by atoms with Crippen LogP contribution in [0.25, 0.3) is 0 Å². The first-order valence-electron chi connectivity index (χ1n) is 13.5. The van der Waals surface area contributed by atoms with Gasteiger partial charge in [0, 0.05) is 19.4 Å². The van der Waals surface area contributed by atoms with Crippen LogP contribution in [-0.2, 0) is 20.7 Å². The van der Waals surface area contributed by atoms with Crippen molar-refractivity contribution < 1.29 is 39.9 Å². The Labute approximate surface area is 229 Å². The summed E-state index contributed by atoms with van der Waals surface area (Å²) < 4.78 is 5.49. The highest BCUT2D eigenvalue weighted by Gasteiger charge is 2.43. The minimum atomic E-state index is -1.34. The summed E-state index contributed by atoms with van der Waals surface area (Å²) in [4.78, 5) is 25.1. The van der Waals surface area contributed by atoms with E-state index in [0.717, 1.165) is 50.5 Å². The third kappa shape index (κ3) is 11.1. The van der Waals surface area contributed by atoms with Crippen molar-refractivity contribution in [2.45, 2.75) is 101 Å². The molecule has 38 heavy (non-hydrogen) atoms. The molecule has 0 bridgehead atoms. The van der Waals surface area contributed by atoms with E-state index in [0.29, 0.717) is 25.1 Å². The molecule has 0 saturated carbocycles. The fourth-order valence-corrected chi connectivity index (χ4v) is 5.40. The zero-order valence-corrected chi connectivity index (χ0v) is 22.9. The molecule has 1 aliphatic rings. The number of carbonyl (C=O) groups is 2. The van der Waals surface area contributed by atoms with E-state index in [-0.39, 0.29) is 17.6 Å². The number of thioether (sulfide) groups is 1. The highest BCUT2D eigenvalue weighted by molar-refractivity contribution is 7.99. The van der Waals surface area contributed by atoms with Crippen LogP contribution in [0.2, 0.25) is 0 Å². The van der Waals surface area contributed by atoms with Crippen LogP contribution in [0.4, 0.5) is 0 Å². The summed E-state index contributed by atoms with van der Waals surface area (Å²) in [6, 6.07) is 5.94. The maximum Gasteiger partial charge on any atom is 0.242 e. The normalized spacial score (nSPS) is 24.1. The molecule has 216 valence electrons. The van der Waals surface area contributed by atoms with E-state index in [2.05, 4.69) is 10.6 Å².